The number of aryl methyl sites for hydroxylation is 1. The molecule has 2 N–H and O–H groups in total. The van der Waals surface area contributed by atoms with E-state index < -0.39 is 0 Å². The smallest absolute Gasteiger partial charge is 0.254 e. The molecule has 2 aliphatic heterocycles. The molecule has 0 unspecified atom stereocenters. The van der Waals surface area contributed by atoms with Crippen LogP contribution in [0.3, 0.4) is 0 Å². The molecule has 6 rings (SSSR count). The zero-order valence-corrected chi connectivity index (χ0v) is 21.2. The number of fused-ring (bicyclic) bond motifs is 2. The summed E-state index contributed by atoms with van der Waals surface area (Å²) in [5.74, 6) is 1.27. The molecule has 0 saturated carbocycles. The molecule has 3 aromatic heterocycles. The Morgan fingerprint density at radius 3 is 2.95 bits per heavy atom. The summed E-state index contributed by atoms with van der Waals surface area (Å²) in [5.41, 5.74) is 5.91. The summed E-state index contributed by atoms with van der Waals surface area (Å²) in [6.45, 7) is 2.37. The van der Waals surface area contributed by atoms with Gasteiger partial charge in [-0.25, -0.2) is 4.98 Å². The number of ether oxygens (including phenoxy) is 2. The van der Waals surface area contributed by atoms with Gasteiger partial charge in [0.1, 0.15) is 17.7 Å². The molecule has 190 valence electrons. The van der Waals surface area contributed by atoms with Crippen molar-refractivity contribution in [2.45, 2.75) is 25.6 Å². The Bertz CT molecular complexity index is 1490. The number of nitrogens with zero attached hydrogens (tertiary/aromatic N) is 4. The van der Waals surface area contributed by atoms with E-state index in [0.717, 1.165) is 52.2 Å². The molecule has 1 fully saturated rings. The van der Waals surface area contributed by atoms with Gasteiger partial charge in [-0.3, -0.25) is 9.78 Å². The number of carbonyl (C=O) groups excluding carboxylic acids is 1. The van der Waals surface area contributed by atoms with Crippen molar-refractivity contribution in [2.24, 2.45) is 7.05 Å². The highest BCUT2D eigenvalue weighted by molar-refractivity contribution is 6.07. The normalized spacial score (nSPS) is 16.9. The second-order valence-electron chi connectivity index (χ2n) is 9.83. The molecule has 0 spiro atoms. The number of hydrogen-bond acceptors (Lipinski definition) is 7. The molecule has 37 heavy (non-hydrogen) atoms. The number of pyridine rings is 2. The van der Waals surface area contributed by atoms with Crippen LogP contribution in [0.5, 0.6) is 5.75 Å². The van der Waals surface area contributed by atoms with E-state index in [0.29, 0.717) is 36.8 Å². The van der Waals surface area contributed by atoms with E-state index in [1.807, 2.05) is 45.5 Å². The standard InChI is InChI=1S/C28H30N6O3/c1-33(2)15-22-24(37-17-10-12-36-16-17)7-8-25(32-22)31-21-14-29-27(20-13-30-28(35)26(20)21)19-5-4-6-23-18(19)9-11-34(23)3/h4-9,11,14,17H,10,12-13,15-16H2,1-3H3,(H,30,35)(H,31,32)/t17-/m1/s1. The Kier molecular flexibility index (Phi) is 6.02. The summed E-state index contributed by atoms with van der Waals surface area (Å²) < 4.78 is 13.7. The quantitative estimate of drug-likeness (QED) is 0.400. The van der Waals surface area contributed by atoms with Crippen molar-refractivity contribution in [1.82, 2.24) is 24.8 Å². The average molecular weight is 499 g/mol. The van der Waals surface area contributed by atoms with Gasteiger partial charge in [0, 0.05) is 54.8 Å². The van der Waals surface area contributed by atoms with Gasteiger partial charge in [-0.1, -0.05) is 12.1 Å². The highest BCUT2D eigenvalue weighted by Gasteiger charge is 2.28. The molecule has 2 aliphatic rings. The Hall–Kier alpha value is -3.95. The van der Waals surface area contributed by atoms with Crippen LogP contribution in [-0.2, 0) is 24.9 Å². The predicted molar refractivity (Wildman–Crippen MR) is 142 cm³/mol. The third-order valence-electron chi connectivity index (χ3n) is 6.86. The minimum absolute atomic E-state index is 0.0410. The molecule has 1 saturated heterocycles. The van der Waals surface area contributed by atoms with Gasteiger partial charge in [0.05, 0.1) is 42.0 Å². The highest BCUT2D eigenvalue weighted by Crippen LogP contribution is 2.36. The van der Waals surface area contributed by atoms with Crippen molar-refractivity contribution in [3.05, 3.63) is 65.6 Å². The third-order valence-corrected chi connectivity index (χ3v) is 6.86. The Balaban J connectivity index is 1.36. The summed E-state index contributed by atoms with van der Waals surface area (Å²) in [5, 5.41) is 7.44. The number of hydrogen-bond donors (Lipinski definition) is 2. The van der Waals surface area contributed by atoms with E-state index >= 15 is 0 Å². The third kappa shape index (κ3) is 4.41. The minimum atomic E-state index is -0.115. The predicted octanol–water partition coefficient (Wildman–Crippen LogP) is 3.85. The zero-order valence-electron chi connectivity index (χ0n) is 21.2. The van der Waals surface area contributed by atoms with Crippen molar-refractivity contribution in [3.8, 4) is 17.0 Å². The highest BCUT2D eigenvalue weighted by atomic mass is 16.5. The van der Waals surface area contributed by atoms with Crippen molar-refractivity contribution in [1.29, 1.82) is 0 Å². The van der Waals surface area contributed by atoms with Gasteiger partial charge in [0.25, 0.3) is 5.91 Å². The fourth-order valence-electron chi connectivity index (χ4n) is 5.08. The Morgan fingerprint density at radius 2 is 2.14 bits per heavy atom. The maximum absolute atomic E-state index is 12.9. The van der Waals surface area contributed by atoms with E-state index in [2.05, 4.69) is 38.3 Å². The number of aromatic nitrogens is 3. The Morgan fingerprint density at radius 1 is 1.24 bits per heavy atom. The lowest BCUT2D eigenvalue weighted by Crippen LogP contribution is -2.19. The molecular weight excluding hydrogens is 468 g/mol. The average Bonchev–Trinajstić information content (AvgIpc) is 3.62. The second kappa shape index (κ2) is 9.49. The number of rotatable bonds is 7. The van der Waals surface area contributed by atoms with Crippen LogP contribution in [0.4, 0.5) is 11.5 Å². The topological polar surface area (TPSA) is 93.5 Å². The van der Waals surface area contributed by atoms with Crippen LogP contribution in [0.25, 0.3) is 22.2 Å². The van der Waals surface area contributed by atoms with Gasteiger partial charge in [-0.15, -0.1) is 0 Å². The molecule has 0 radical (unpaired) electrons. The second-order valence-corrected chi connectivity index (χ2v) is 9.83. The van der Waals surface area contributed by atoms with Crippen molar-refractivity contribution < 1.29 is 14.3 Å². The van der Waals surface area contributed by atoms with Gasteiger partial charge in [-0.2, -0.15) is 0 Å². The molecule has 1 aromatic carbocycles. The fraction of sp³-hybridized carbons (Fsp3) is 0.321. The first-order chi connectivity index (χ1) is 18.0. The number of nitrogens with one attached hydrogen (secondary N) is 2. The van der Waals surface area contributed by atoms with E-state index in [1.54, 1.807) is 6.20 Å². The van der Waals surface area contributed by atoms with Crippen molar-refractivity contribution >= 4 is 28.3 Å². The summed E-state index contributed by atoms with van der Waals surface area (Å²) >= 11 is 0. The van der Waals surface area contributed by atoms with Crippen molar-refractivity contribution in [3.63, 3.8) is 0 Å². The summed E-state index contributed by atoms with van der Waals surface area (Å²) in [4.78, 5) is 24.7. The van der Waals surface area contributed by atoms with Gasteiger partial charge in [-0.05, 0) is 38.4 Å². The maximum atomic E-state index is 12.9. The van der Waals surface area contributed by atoms with E-state index in [-0.39, 0.29) is 12.0 Å². The van der Waals surface area contributed by atoms with E-state index in [1.165, 1.54) is 0 Å². The lowest BCUT2D eigenvalue weighted by Gasteiger charge is -2.19. The van der Waals surface area contributed by atoms with E-state index in [4.69, 9.17) is 19.4 Å². The van der Waals surface area contributed by atoms with Crippen LogP contribution in [0.15, 0.2) is 48.8 Å². The molecule has 9 heteroatoms. The number of amides is 1. The van der Waals surface area contributed by atoms with Crippen molar-refractivity contribution in [2.75, 3.05) is 32.6 Å². The van der Waals surface area contributed by atoms with Crippen LogP contribution in [0.2, 0.25) is 0 Å². The molecular formula is C28H30N6O3. The molecule has 0 aliphatic carbocycles. The van der Waals surface area contributed by atoms with E-state index in [9.17, 15) is 4.79 Å². The number of benzene rings is 1. The molecule has 0 bridgehead atoms. The van der Waals surface area contributed by atoms with Gasteiger partial charge >= 0.3 is 0 Å². The van der Waals surface area contributed by atoms with Crippen LogP contribution in [0.1, 0.15) is 28.0 Å². The lowest BCUT2D eigenvalue weighted by atomic mass is 9.99. The number of anilines is 2. The van der Waals surface area contributed by atoms with Crippen LogP contribution >= 0.6 is 0 Å². The lowest BCUT2D eigenvalue weighted by molar-refractivity contribution is 0.0966. The maximum Gasteiger partial charge on any atom is 0.254 e. The first-order valence-electron chi connectivity index (χ1n) is 12.5. The molecule has 4 aromatic rings. The molecule has 1 amide bonds. The summed E-state index contributed by atoms with van der Waals surface area (Å²) in [6.07, 6.45) is 4.68. The summed E-state index contributed by atoms with van der Waals surface area (Å²) in [6, 6.07) is 12.1. The van der Waals surface area contributed by atoms with Gasteiger partial charge < -0.3 is 29.6 Å². The first-order valence-corrected chi connectivity index (χ1v) is 12.5. The molecule has 1 atom stereocenters. The zero-order chi connectivity index (χ0) is 25.5. The van der Waals surface area contributed by atoms with Gasteiger partial charge in [0.15, 0.2) is 0 Å². The molecule has 9 nitrogen and oxygen atoms in total. The number of carbonyl (C=O) groups is 1. The summed E-state index contributed by atoms with van der Waals surface area (Å²) in [7, 11) is 6.02. The molecule has 5 heterocycles. The van der Waals surface area contributed by atoms with Crippen LogP contribution in [-0.4, -0.2) is 58.8 Å². The van der Waals surface area contributed by atoms with Crippen LogP contribution < -0.4 is 15.4 Å². The largest absolute Gasteiger partial charge is 0.486 e. The SMILES string of the molecule is CN(C)Cc1nc(Nc2cnc(-c3cccc4c3ccn4C)c3c2C(=O)NC3)ccc1O[C@@H]1CCOC1. The fourth-order valence-corrected chi connectivity index (χ4v) is 5.08. The Labute approximate surface area is 215 Å². The minimum Gasteiger partial charge on any atom is -0.486 e. The monoisotopic (exact) mass is 498 g/mol. The van der Waals surface area contributed by atoms with Gasteiger partial charge in [0.2, 0.25) is 0 Å². The van der Waals surface area contributed by atoms with Crippen LogP contribution in [0, 0.1) is 0 Å². The first kappa shape index (κ1) is 23.4.